The van der Waals surface area contributed by atoms with Crippen LogP contribution in [-0.2, 0) is 4.79 Å². The fourth-order valence-electron chi connectivity index (χ4n) is 1.42. The third kappa shape index (κ3) is 6.41. The van der Waals surface area contributed by atoms with Gasteiger partial charge in [0, 0.05) is 18.5 Å². The van der Waals surface area contributed by atoms with Crippen molar-refractivity contribution in [2.45, 2.75) is 26.8 Å². The summed E-state index contributed by atoms with van der Waals surface area (Å²) in [6, 6.07) is 4.45. The molecule has 0 spiro atoms. The molecule has 1 aromatic rings. The van der Waals surface area contributed by atoms with E-state index in [-0.39, 0.29) is 55.0 Å². The van der Waals surface area contributed by atoms with Crippen molar-refractivity contribution >= 4 is 42.1 Å². The third-order valence-electron chi connectivity index (χ3n) is 2.48. The van der Waals surface area contributed by atoms with Crippen molar-refractivity contribution in [1.29, 1.82) is 0 Å². The van der Waals surface area contributed by atoms with E-state index in [0.717, 1.165) is 0 Å². The first kappa shape index (κ1) is 21.3. The largest absolute Gasteiger partial charge is 0.381 e. The summed E-state index contributed by atoms with van der Waals surface area (Å²) in [5.74, 6) is -0.907. The number of carbonyl (C=O) groups excluding carboxylic acids is 1. The summed E-state index contributed by atoms with van der Waals surface area (Å²) in [7, 11) is 0. The second kappa shape index (κ2) is 9.80. The number of hydrogen-bond donors (Lipinski definition) is 3. The lowest BCUT2D eigenvalue weighted by Gasteiger charge is -2.17. The third-order valence-corrected chi connectivity index (χ3v) is 2.48. The van der Waals surface area contributed by atoms with Gasteiger partial charge in [-0.1, -0.05) is 6.92 Å². The standard InChI is InChI=1S/C13H20FN3O.2ClH/c1-8(2)16-11-5-4-10(14)6-12(11)17-13(18)9(3)7-15;;/h4-6,8-9,16H,7,15H2,1-3H3,(H,17,18);2*1H. The summed E-state index contributed by atoms with van der Waals surface area (Å²) in [5, 5.41) is 5.84. The second-order valence-electron chi connectivity index (χ2n) is 4.61. The number of nitrogens with two attached hydrogens (primary N) is 1. The van der Waals surface area contributed by atoms with Crippen LogP contribution in [0.1, 0.15) is 20.8 Å². The monoisotopic (exact) mass is 325 g/mol. The second-order valence-corrected chi connectivity index (χ2v) is 4.61. The fraction of sp³-hybridized carbons (Fsp3) is 0.462. The summed E-state index contributed by atoms with van der Waals surface area (Å²) in [6.07, 6.45) is 0. The Morgan fingerprint density at radius 1 is 1.25 bits per heavy atom. The van der Waals surface area contributed by atoms with E-state index in [1.165, 1.54) is 12.1 Å². The predicted molar refractivity (Wildman–Crippen MR) is 86.5 cm³/mol. The molecule has 1 unspecified atom stereocenters. The van der Waals surface area contributed by atoms with Crippen LogP contribution in [0.25, 0.3) is 0 Å². The van der Waals surface area contributed by atoms with Gasteiger partial charge in [0.25, 0.3) is 0 Å². The Kier molecular flexibility index (Phi) is 10.4. The van der Waals surface area contributed by atoms with Gasteiger partial charge in [0.05, 0.1) is 11.4 Å². The molecule has 7 heteroatoms. The molecule has 0 bridgehead atoms. The zero-order valence-corrected chi connectivity index (χ0v) is 13.4. The number of carbonyl (C=O) groups is 1. The van der Waals surface area contributed by atoms with Gasteiger partial charge in [-0.25, -0.2) is 4.39 Å². The highest BCUT2D eigenvalue weighted by Gasteiger charge is 2.13. The summed E-state index contributed by atoms with van der Waals surface area (Å²) in [4.78, 5) is 11.8. The van der Waals surface area contributed by atoms with E-state index in [2.05, 4.69) is 10.6 Å². The van der Waals surface area contributed by atoms with Crippen LogP contribution in [0.4, 0.5) is 15.8 Å². The van der Waals surface area contributed by atoms with Gasteiger partial charge in [-0.05, 0) is 32.0 Å². The Morgan fingerprint density at radius 2 is 1.85 bits per heavy atom. The lowest BCUT2D eigenvalue weighted by molar-refractivity contribution is -0.119. The normalized spacial score (nSPS) is 11.1. The van der Waals surface area contributed by atoms with Crippen molar-refractivity contribution in [3.8, 4) is 0 Å². The molecule has 0 saturated heterocycles. The maximum atomic E-state index is 13.2. The Morgan fingerprint density at radius 3 is 2.35 bits per heavy atom. The van der Waals surface area contributed by atoms with Crippen LogP contribution in [0, 0.1) is 11.7 Å². The topological polar surface area (TPSA) is 67.1 Å². The minimum atomic E-state index is -0.389. The van der Waals surface area contributed by atoms with E-state index in [1.807, 2.05) is 13.8 Å². The molecule has 20 heavy (non-hydrogen) atoms. The zero-order valence-electron chi connectivity index (χ0n) is 11.8. The highest BCUT2D eigenvalue weighted by molar-refractivity contribution is 5.95. The van der Waals surface area contributed by atoms with Crippen molar-refractivity contribution < 1.29 is 9.18 Å². The smallest absolute Gasteiger partial charge is 0.228 e. The zero-order chi connectivity index (χ0) is 13.7. The van der Waals surface area contributed by atoms with E-state index in [9.17, 15) is 9.18 Å². The van der Waals surface area contributed by atoms with Gasteiger partial charge in [0.1, 0.15) is 5.82 Å². The van der Waals surface area contributed by atoms with E-state index >= 15 is 0 Å². The molecule has 0 aliphatic rings. The van der Waals surface area contributed by atoms with Crippen molar-refractivity contribution in [2.75, 3.05) is 17.2 Å². The minimum Gasteiger partial charge on any atom is -0.381 e. The molecular weight excluding hydrogens is 304 g/mol. The van der Waals surface area contributed by atoms with Gasteiger partial charge in [-0.3, -0.25) is 4.79 Å². The van der Waals surface area contributed by atoms with Crippen molar-refractivity contribution in [3.05, 3.63) is 24.0 Å². The van der Waals surface area contributed by atoms with Crippen LogP contribution < -0.4 is 16.4 Å². The molecule has 1 atom stereocenters. The molecule has 4 nitrogen and oxygen atoms in total. The number of benzene rings is 1. The summed E-state index contributed by atoms with van der Waals surface area (Å²) in [5.41, 5.74) is 6.56. The molecule has 1 amide bonds. The molecule has 0 aliphatic carbocycles. The highest BCUT2D eigenvalue weighted by Crippen LogP contribution is 2.24. The van der Waals surface area contributed by atoms with Crippen molar-refractivity contribution in [1.82, 2.24) is 0 Å². The number of hydrogen-bond acceptors (Lipinski definition) is 3. The molecule has 1 aromatic carbocycles. The van der Waals surface area contributed by atoms with Crippen LogP contribution in [0.3, 0.4) is 0 Å². The number of rotatable bonds is 5. The average Bonchev–Trinajstić information content (AvgIpc) is 2.31. The average molecular weight is 326 g/mol. The lowest BCUT2D eigenvalue weighted by Crippen LogP contribution is -2.27. The van der Waals surface area contributed by atoms with Crippen LogP contribution in [-0.4, -0.2) is 18.5 Å². The molecule has 0 saturated carbocycles. The first-order valence-electron chi connectivity index (χ1n) is 6.01. The number of amides is 1. The van der Waals surface area contributed by atoms with Gasteiger partial charge in [0.2, 0.25) is 5.91 Å². The molecule has 1 rings (SSSR count). The Balaban J connectivity index is 0. The molecular formula is C13H22Cl2FN3O. The summed E-state index contributed by atoms with van der Waals surface area (Å²) in [6.45, 7) is 5.92. The Hall–Kier alpha value is -1.04. The van der Waals surface area contributed by atoms with Gasteiger partial charge in [-0.2, -0.15) is 0 Å². The molecule has 116 valence electrons. The Labute approximate surface area is 131 Å². The maximum absolute atomic E-state index is 13.2. The maximum Gasteiger partial charge on any atom is 0.228 e. The Bertz CT molecular complexity index is 430. The summed E-state index contributed by atoms with van der Waals surface area (Å²) < 4.78 is 13.2. The van der Waals surface area contributed by atoms with Crippen LogP contribution in [0.5, 0.6) is 0 Å². The fourth-order valence-corrected chi connectivity index (χ4v) is 1.42. The van der Waals surface area contributed by atoms with Crippen LogP contribution >= 0.6 is 24.8 Å². The minimum absolute atomic E-state index is 0. The number of nitrogens with one attached hydrogen (secondary N) is 2. The highest BCUT2D eigenvalue weighted by atomic mass is 35.5. The van der Waals surface area contributed by atoms with E-state index in [0.29, 0.717) is 11.4 Å². The summed E-state index contributed by atoms with van der Waals surface area (Å²) >= 11 is 0. The van der Waals surface area contributed by atoms with Crippen molar-refractivity contribution in [2.24, 2.45) is 11.7 Å². The molecule has 0 fully saturated rings. The number of halogens is 3. The SMILES string of the molecule is CC(C)Nc1ccc(F)cc1NC(=O)C(C)CN.Cl.Cl. The molecule has 4 N–H and O–H groups in total. The molecule has 0 heterocycles. The van der Waals surface area contributed by atoms with E-state index in [4.69, 9.17) is 5.73 Å². The molecule has 0 aromatic heterocycles. The van der Waals surface area contributed by atoms with E-state index < -0.39 is 0 Å². The molecule has 0 radical (unpaired) electrons. The van der Waals surface area contributed by atoms with E-state index in [1.54, 1.807) is 13.0 Å². The van der Waals surface area contributed by atoms with Gasteiger partial charge in [-0.15, -0.1) is 24.8 Å². The van der Waals surface area contributed by atoms with Gasteiger partial charge < -0.3 is 16.4 Å². The molecule has 0 aliphatic heterocycles. The van der Waals surface area contributed by atoms with Gasteiger partial charge >= 0.3 is 0 Å². The first-order valence-corrected chi connectivity index (χ1v) is 6.01. The first-order chi connectivity index (χ1) is 8.43. The lowest BCUT2D eigenvalue weighted by atomic mass is 10.1. The predicted octanol–water partition coefficient (Wildman–Crippen LogP) is 3.02. The van der Waals surface area contributed by atoms with Crippen molar-refractivity contribution in [3.63, 3.8) is 0 Å². The van der Waals surface area contributed by atoms with Crippen LogP contribution in [0.15, 0.2) is 18.2 Å². The number of anilines is 2. The van der Waals surface area contributed by atoms with Crippen LogP contribution in [0.2, 0.25) is 0 Å². The van der Waals surface area contributed by atoms with Gasteiger partial charge in [0.15, 0.2) is 0 Å². The quantitative estimate of drug-likeness (QED) is 0.779.